The van der Waals surface area contributed by atoms with Crippen LogP contribution in [0.1, 0.15) is 68.1 Å². The lowest BCUT2D eigenvalue weighted by Crippen LogP contribution is -2.53. The molecule has 0 spiro atoms. The van der Waals surface area contributed by atoms with E-state index in [0.29, 0.717) is 43.8 Å². The van der Waals surface area contributed by atoms with E-state index in [4.69, 9.17) is 16.9 Å². The van der Waals surface area contributed by atoms with E-state index in [-0.39, 0.29) is 17.7 Å². The molecule has 0 aliphatic carbocycles. The minimum absolute atomic E-state index is 0.100. The maximum Gasteiger partial charge on any atom is 0.179 e. The Labute approximate surface area is 219 Å². The van der Waals surface area contributed by atoms with Crippen LogP contribution in [-0.2, 0) is 6.42 Å². The van der Waals surface area contributed by atoms with Crippen LogP contribution in [0.2, 0.25) is 5.02 Å². The summed E-state index contributed by atoms with van der Waals surface area (Å²) in [7, 11) is 0. The van der Waals surface area contributed by atoms with Crippen LogP contribution >= 0.6 is 11.6 Å². The number of ketones is 1. The molecule has 2 heterocycles. The number of aryl methyl sites for hydroxylation is 1. The van der Waals surface area contributed by atoms with Gasteiger partial charge in [0.05, 0.1) is 23.7 Å². The Morgan fingerprint density at radius 1 is 1.25 bits per heavy atom. The number of likely N-dealkylation sites (tertiary alicyclic amines) is 1. The highest BCUT2D eigenvalue weighted by Gasteiger charge is 2.40. The molecule has 36 heavy (non-hydrogen) atoms. The number of halogens is 1. The Kier molecular flexibility index (Phi) is 7.90. The molecule has 1 fully saturated rings. The summed E-state index contributed by atoms with van der Waals surface area (Å²) in [6.07, 6.45) is 3.40. The molecule has 1 aliphatic rings. The topological polar surface area (TPSA) is 69.3 Å². The van der Waals surface area contributed by atoms with Crippen molar-refractivity contribution in [1.29, 1.82) is 5.26 Å². The standard InChI is InChI=1S/C30H36ClN3O2/c1-5-24-18-30(36,20(2)3)14-16-33(24)19-28(35)29-21(4)34(25-11-9-23(31)10-12-25)27-17-22(7-6-15-32)8-13-26(27)29/h8-13,17,20,24,36H,5-7,14,16,18-19H2,1-4H3/t24?,30-/m0/s1. The molecular formula is C30H36ClN3O2. The lowest BCUT2D eigenvalue weighted by Gasteiger charge is -2.45. The highest BCUT2D eigenvalue weighted by atomic mass is 35.5. The van der Waals surface area contributed by atoms with Gasteiger partial charge in [-0.15, -0.1) is 0 Å². The maximum atomic E-state index is 13.9. The average molecular weight is 506 g/mol. The molecule has 1 aromatic heterocycles. The quantitative estimate of drug-likeness (QED) is 0.355. The highest BCUT2D eigenvalue weighted by Crippen LogP contribution is 2.36. The predicted molar refractivity (Wildman–Crippen MR) is 146 cm³/mol. The van der Waals surface area contributed by atoms with Gasteiger partial charge in [-0.3, -0.25) is 9.69 Å². The first kappa shape index (κ1) is 26.4. The van der Waals surface area contributed by atoms with Gasteiger partial charge in [0.25, 0.3) is 0 Å². The van der Waals surface area contributed by atoms with Crippen molar-refractivity contribution in [3.63, 3.8) is 0 Å². The second-order valence-corrected chi connectivity index (χ2v) is 10.9. The molecule has 3 aromatic rings. The van der Waals surface area contributed by atoms with Gasteiger partial charge in [-0.25, -0.2) is 0 Å². The van der Waals surface area contributed by atoms with E-state index in [1.165, 1.54) is 0 Å². The van der Waals surface area contributed by atoms with Gasteiger partial charge in [0.2, 0.25) is 0 Å². The van der Waals surface area contributed by atoms with E-state index in [0.717, 1.165) is 39.8 Å². The smallest absolute Gasteiger partial charge is 0.179 e. The average Bonchev–Trinajstić information content (AvgIpc) is 3.15. The number of rotatable bonds is 8. The van der Waals surface area contributed by atoms with Crippen molar-refractivity contribution in [2.75, 3.05) is 13.1 Å². The van der Waals surface area contributed by atoms with E-state index < -0.39 is 5.60 Å². The number of aromatic nitrogens is 1. The molecule has 0 radical (unpaired) electrons. The Hall–Kier alpha value is -2.65. The molecule has 2 atom stereocenters. The molecule has 0 amide bonds. The van der Waals surface area contributed by atoms with Crippen molar-refractivity contribution in [3.8, 4) is 11.8 Å². The Balaban J connectivity index is 1.73. The first-order valence-electron chi connectivity index (χ1n) is 12.9. The Morgan fingerprint density at radius 3 is 2.61 bits per heavy atom. The molecule has 2 aromatic carbocycles. The summed E-state index contributed by atoms with van der Waals surface area (Å²) in [6, 6.07) is 16.2. The summed E-state index contributed by atoms with van der Waals surface area (Å²) < 4.78 is 2.12. The lowest BCUT2D eigenvalue weighted by atomic mass is 9.77. The number of carbonyl (C=O) groups excluding carboxylic acids is 1. The third kappa shape index (κ3) is 5.09. The van der Waals surface area contributed by atoms with Gasteiger partial charge < -0.3 is 9.67 Å². The van der Waals surface area contributed by atoms with Crippen molar-refractivity contribution < 1.29 is 9.90 Å². The Bertz CT molecular complexity index is 1290. The van der Waals surface area contributed by atoms with Gasteiger partial charge in [-0.2, -0.15) is 5.26 Å². The predicted octanol–water partition coefficient (Wildman–Crippen LogP) is 6.49. The fourth-order valence-electron chi connectivity index (χ4n) is 5.65. The third-order valence-electron chi connectivity index (χ3n) is 7.99. The van der Waals surface area contributed by atoms with E-state index in [2.05, 4.69) is 42.4 Å². The zero-order valence-corrected chi connectivity index (χ0v) is 22.5. The van der Waals surface area contributed by atoms with Crippen LogP contribution in [0.25, 0.3) is 16.6 Å². The summed E-state index contributed by atoms with van der Waals surface area (Å²) >= 11 is 6.15. The van der Waals surface area contributed by atoms with E-state index in [9.17, 15) is 9.90 Å². The molecule has 6 heteroatoms. The number of aliphatic hydroxyl groups is 1. The van der Waals surface area contributed by atoms with Gasteiger partial charge in [0.1, 0.15) is 0 Å². The summed E-state index contributed by atoms with van der Waals surface area (Å²) in [5.41, 5.74) is 3.97. The van der Waals surface area contributed by atoms with Crippen molar-refractivity contribution >= 4 is 28.3 Å². The van der Waals surface area contributed by atoms with Crippen LogP contribution in [0.5, 0.6) is 0 Å². The van der Waals surface area contributed by atoms with Crippen LogP contribution in [-0.4, -0.2) is 45.1 Å². The SMILES string of the molecule is CCC1C[C@](O)(C(C)C)CCN1CC(=O)c1c(C)n(-c2ccc(Cl)cc2)c2cc(CCC#N)ccc12. The van der Waals surface area contributed by atoms with Crippen molar-refractivity contribution in [2.45, 2.75) is 71.4 Å². The Morgan fingerprint density at radius 2 is 1.97 bits per heavy atom. The molecule has 1 N–H and O–H groups in total. The van der Waals surface area contributed by atoms with Gasteiger partial charge in [-0.05, 0) is 74.4 Å². The van der Waals surface area contributed by atoms with E-state index >= 15 is 0 Å². The minimum atomic E-state index is -0.666. The molecule has 1 aliphatic heterocycles. The summed E-state index contributed by atoms with van der Waals surface area (Å²) in [5, 5.41) is 21.7. The molecule has 0 bridgehead atoms. The van der Waals surface area contributed by atoms with Crippen LogP contribution in [0.15, 0.2) is 42.5 Å². The highest BCUT2D eigenvalue weighted by molar-refractivity contribution is 6.30. The number of Topliss-reactive ketones (excluding diaryl/α,β-unsaturated/α-hetero) is 1. The fraction of sp³-hybridized carbons (Fsp3) is 0.467. The van der Waals surface area contributed by atoms with Crippen molar-refractivity contribution in [3.05, 3.63) is 64.3 Å². The van der Waals surface area contributed by atoms with Crippen molar-refractivity contribution in [1.82, 2.24) is 9.47 Å². The number of fused-ring (bicyclic) bond motifs is 1. The van der Waals surface area contributed by atoms with Gasteiger partial charge in [0.15, 0.2) is 5.78 Å². The number of benzene rings is 2. The van der Waals surface area contributed by atoms with E-state index in [1.807, 2.05) is 43.3 Å². The molecule has 4 rings (SSSR count). The molecular weight excluding hydrogens is 470 g/mol. The fourth-order valence-corrected chi connectivity index (χ4v) is 5.78. The lowest BCUT2D eigenvalue weighted by molar-refractivity contribution is -0.0766. The maximum absolute atomic E-state index is 13.9. The van der Waals surface area contributed by atoms with Crippen molar-refractivity contribution in [2.24, 2.45) is 5.92 Å². The molecule has 190 valence electrons. The first-order valence-corrected chi connectivity index (χ1v) is 13.3. The molecule has 5 nitrogen and oxygen atoms in total. The molecule has 1 saturated heterocycles. The third-order valence-corrected chi connectivity index (χ3v) is 8.24. The van der Waals surface area contributed by atoms with E-state index in [1.54, 1.807) is 0 Å². The van der Waals surface area contributed by atoms with Crippen LogP contribution in [0.3, 0.4) is 0 Å². The number of nitrogens with zero attached hydrogens (tertiary/aromatic N) is 3. The van der Waals surface area contributed by atoms with Gasteiger partial charge in [0, 0.05) is 46.4 Å². The monoisotopic (exact) mass is 505 g/mol. The number of carbonyl (C=O) groups is 1. The van der Waals surface area contributed by atoms with Gasteiger partial charge in [-0.1, -0.05) is 44.5 Å². The summed E-state index contributed by atoms with van der Waals surface area (Å²) in [5.74, 6) is 0.294. The van der Waals surface area contributed by atoms with Crippen LogP contribution in [0, 0.1) is 24.2 Å². The number of hydrogen-bond donors (Lipinski definition) is 1. The first-order chi connectivity index (χ1) is 17.2. The number of hydrogen-bond acceptors (Lipinski definition) is 4. The summed E-state index contributed by atoms with van der Waals surface area (Å²) in [6.45, 7) is 9.34. The minimum Gasteiger partial charge on any atom is -0.390 e. The second-order valence-electron chi connectivity index (χ2n) is 10.4. The number of nitriles is 1. The molecule has 1 unspecified atom stereocenters. The zero-order valence-electron chi connectivity index (χ0n) is 21.7. The number of piperidine rings is 1. The summed E-state index contributed by atoms with van der Waals surface area (Å²) in [4.78, 5) is 16.1. The van der Waals surface area contributed by atoms with Crippen LogP contribution < -0.4 is 0 Å². The second kappa shape index (κ2) is 10.8. The zero-order chi connectivity index (χ0) is 26.0. The van der Waals surface area contributed by atoms with Gasteiger partial charge >= 0.3 is 0 Å². The largest absolute Gasteiger partial charge is 0.390 e. The normalized spacial score (nSPS) is 20.7. The van der Waals surface area contributed by atoms with Crippen LogP contribution in [0.4, 0.5) is 0 Å². The molecule has 0 saturated carbocycles.